The first kappa shape index (κ1) is 18.6. The molecule has 0 aliphatic rings. The fourth-order valence-electron chi connectivity index (χ4n) is 2.49. The Balaban J connectivity index is 2.08. The van der Waals surface area contributed by atoms with Crippen molar-refractivity contribution in [2.45, 2.75) is 0 Å². The molecule has 0 unspecified atom stereocenters. The highest BCUT2D eigenvalue weighted by atomic mass is 32.1. The zero-order valence-electron chi connectivity index (χ0n) is 14.9. The lowest BCUT2D eigenvalue weighted by molar-refractivity contribution is 0.374. The topological polar surface area (TPSA) is 73.7 Å². The van der Waals surface area contributed by atoms with Gasteiger partial charge in [0.15, 0.2) is 5.82 Å². The number of nitrogens with one attached hydrogen (secondary N) is 1. The average molecular weight is 388 g/mol. The van der Waals surface area contributed by atoms with E-state index in [4.69, 9.17) is 26.4 Å². The molecule has 0 aliphatic carbocycles. The van der Waals surface area contributed by atoms with Crippen molar-refractivity contribution in [2.24, 2.45) is 5.10 Å². The van der Waals surface area contributed by atoms with Crippen LogP contribution in [0.4, 0.5) is 4.39 Å². The zero-order valence-corrected chi connectivity index (χ0v) is 15.7. The molecule has 140 valence electrons. The lowest BCUT2D eigenvalue weighted by Gasteiger charge is -2.12. The number of ether oxygens (including phenoxy) is 3. The molecule has 7 nitrogen and oxygen atoms in total. The van der Waals surface area contributed by atoms with Crippen LogP contribution in [0.3, 0.4) is 0 Å². The van der Waals surface area contributed by atoms with E-state index in [0.29, 0.717) is 34.2 Å². The second-order valence-electron chi connectivity index (χ2n) is 5.36. The van der Waals surface area contributed by atoms with Crippen LogP contribution in [0.15, 0.2) is 41.5 Å². The minimum absolute atomic E-state index is 0.261. The molecule has 1 heterocycles. The van der Waals surface area contributed by atoms with Crippen LogP contribution in [0.5, 0.6) is 17.2 Å². The van der Waals surface area contributed by atoms with Crippen molar-refractivity contribution in [3.63, 3.8) is 0 Å². The summed E-state index contributed by atoms with van der Waals surface area (Å²) >= 11 is 5.24. The van der Waals surface area contributed by atoms with E-state index in [9.17, 15) is 4.39 Å². The Morgan fingerprint density at radius 3 is 2.41 bits per heavy atom. The molecular weight excluding hydrogens is 371 g/mol. The monoisotopic (exact) mass is 388 g/mol. The van der Waals surface area contributed by atoms with E-state index in [1.54, 1.807) is 31.4 Å². The lowest BCUT2D eigenvalue weighted by Crippen LogP contribution is -2.00. The molecule has 0 amide bonds. The van der Waals surface area contributed by atoms with Gasteiger partial charge in [-0.3, -0.25) is 0 Å². The van der Waals surface area contributed by atoms with E-state index in [-0.39, 0.29) is 10.6 Å². The average Bonchev–Trinajstić information content (AvgIpc) is 3.06. The quantitative estimate of drug-likeness (QED) is 0.515. The van der Waals surface area contributed by atoms with Gasteiger partial charge in [-0.1, -0.05) is 12.1 Å². The van der Waals surface area contributed by atoms with Gasteiger partial charge in [-0.2, -0.15) is 14.9 Å². The third kappa shape index (κ3) is 3.82. The van der Waals surface area contributed by atoms with Gasteiger partial charge in [-0.05, 0) is 24.4 Å². The van der Waals surface area contributed by atoms with Crippen molar-refractivity contribution in [1.29, 1.82) is 0 Å². The van der Waals surface area contributed by atoms with Crippen LogP contribution in [0.25, 0.3) is 11.4 Å². The van der Waals surface area contributed by atoms with Gasteiger partial charge in [0.05, 0.1) is 33.1 Å². The summed E-state index contributed by atoms with van der Waals surface area (Å²) < 4.78 is 31.2. The first-order valence-electron chi connectivity index (χ1n) is 7.85. The molecule has 1 N–H and O–H groups in total. The maximum atomic E-state index is 13.6. The Hall–Kier alpha value is -3.20. The van der Waals surface area contributed by atoms with E-state index in [1.165, 1.54) is 37.2 Å². The molecule has 3 rings (SSSR count). The maximum Gasteiger partial charge on any atom is 0.216 e. The Labute approximate surface area is 160 Å². The maximum absolute atomic E-state index is 13.6. The third-order valence-electron chi connectivity index (χ3n) is 3.79. The molecule has 0 atom stereocenters. The van der Waals surface area contributed by atoms with Crippen molar-refractivity contribution >= 4 is 18.4 Å². The van der Waals surface area contributed by atoms with Gasteiger partial charge in [-0.15, -0.1) is 0 Å². The third-order valence-corrected chi connectivity index (χ3v) is 4.05. The number of aromatic amines is 1. The van der Waals surface area contributed by atoms with E-state index in [1.807, 2.05) is 0 Å². The summed E-state index contributed by atoms with van der Waals surface area (Å²) in [5, 5.41) is 11.2. The zero-order chi connectivity index (χ0) is 19.4. The van der Waals surface area contributed by atoms with Crippen LogP contribution >= 0.6 is 12.2 Å². The highest BCUT2D eigenvalue weighted by Gasteiger charge is 2.13. The predicted octanol–water partition coefficient (Wildman–Crippen LogP) is 3.65. The Bertz CT molecular complexity index is 1020. The Morgan fingerprint density at radius 1 is 1.11 bits per heavy atom. The standard InChI is InChI=1S/C18H17FN4O3S/c1-24-13-8-15(25-2)14(16(9-13)26-3)10-20-23-17(21-22-18(23)27)11-5-4-6-12(19)7-11/h4-10H,1-3H3,(H,22,27). The predicted molar refractivity (Wildman–Crippen MR) is 102 cm³/mol. The summed E-state index contributed by atoms with van der Waals surface area (Å²) in [7, 11) is 4.62. The summed E-state index contributed by atoms with van der Waals surface area (Å²) in [6.45, 7) is 0. The lowest BCUT2D eigenvalue weighted by atomic mass is 10.2. The number of nitrogens with zero attached hydrogens (tertiary/aromatic N) is 3. The van der Waals surface area contributed by atoms with E-state index < -0.39 is 0 Å². The largest absolute Gasteiger partial charge is 0.496 e. The van der Waals surface area contributed by atoms with E-state index in [0.717, 1.165) is 0 Å². The highest BCUT2D eigenvalue weighted by Crippen LogP contribution is 2.32. The van der Waals surface area contributed by atoms with Crippen molar-refractivity contribution in [1.82, 2.24) is 14.9 Å². The van der Waals surface area contributed by atoms with Crippen molar-refractivity contribution in [2.75, 3.05) is 21.3 Å². The smallest absolute Gasteiger partial charge is 0.216 e. The number of methoxy groups -OCH3 is 3. The minimum atomic E-state index is -0.379. The summed E-state index contributed by atoms with van der Waals surface area (Å²) in [6, 6.07) is 9.44. The van der Waals surface area contributed by atoms with Gasteiger partial charge in [0, 0.05) is 17.7 Å². The van der Waals surface area contributed by atoms with Crippen LogP contribution in [0.1, 0.15) is 5.56 Å². The number of benzene rings is 2. The van der Waals surface area contributed by atoms with Crippen molar-refractivity contribution in [3.8, 4) is 28.6 Å². The van der Waals surface area contributed by atoms with E-state index >= 15 is 0 Å². The number of rotatable bonds is 6. The normalized spacial score (nSPS) is 11.0. The number of aromatic nitrogens is 3. The van der Waals surface area contributed by atoms with Crippen LogP contribution in [-0.4, -0.2) is 42.4 Å². The SMILES string of the molecule is COc1cc(OC)c(C=Nn2c(-c3cccc(F)c3)n[nH]c2=S)c(OC)c1. The molecule has 1 aromatic heterocycles. The van der Waals surface area contributed by atoms with Gasteiger partial charge < -0.3 is 14.2 Å². The number of halogens is 1. The molecule has 2 aromatic carbocycles. The van der Waals surface area contributed by atoms with Gasteiger partial charge in [0.1, 0.15) is 23.1 Å². The molecule has 9 heteroatoms. The highest BCUT2D eigenvalue weighted by molar-refractivity contribution is 7.71. The van der Waals surface area contributed by atoms with Crippen LogP contribution in [0.2, 0.25) is 0 Å². The summed E-state index contributed by atoms with van der Waals surface area (Å²) in [4.78, 5) is 0. The number of hydrogen-bond donors (Lipinski definition) is 1. The second-order valence-corrected chi connectivity index (χ2v) is 5.75. The first-order valence-corrected chi connectivity index (χ1v) is 8.26. The molecule has 0 saturated carbocycles. The molecule has 0 aliphatic heterocycles. The molecule has 0 spiro atoms. The summed E-state index contributed by atoms with van der Waals surface area (Å²) in [6.07, 6.45) is 1.53. The summed E-state index contributed by atoms with van der Waals surface area (Å²) in [5.74, 6) is 1.60. The fourth-order valence-corrected chi connectivity index (χ4v) is 2.67. The minimum Gasteiger partial charge on any atom is -0.496 e. The van der Waals surface area contributed by atoms with Crippen molar-refractivity contribution < 1.29 is 18.6 Å². The second kappa shape index (κ2) is 8.00. The molecule has 0 bridgehead atoms. The number of H-pyrrole nitrogens is 1. The van der Waals surface area contributed by atoms with Crippen LogP contribution < -0.4 is 14.2 Å². The van der Waals surface area contributed by atoms with Crippen LogP contribution in [-0.2, 0) is 0 Å². The molecule has 0 saturated heterocycles. The summed E-state index contributed by atoms with van der Waals surface area (Å²) in [5.41, 5.74) is 1.13. The molecule has 3 aromatic rings. The van der Waals surface area contributed by atoms with Gasteiger partial charge in [-0.25, -0.2) is 9.49 Å². The molecule has 0 radical (unpaired) electrons. The van der Waals surface area contributed by atoms with Gasteiger partial charge in [0.2, 0.25) is 4.77 Å². The molecular formula is C18H17FN4O3S. The van der Waals surface area contributed by atoms with Crippen molar-refractivity contribution in [3.05, 3.63) is 52.5 Å². The number of hydrogen-bond acceptors (Lipinski definition) is 6. The Morgan fingerprint density at radius 2 is 1.81 bits per heavy atom. The van der Waals surface area contributed by atoms with Crippen LogP contribution in [0, 0.1) is 10.6 Å². The van der Waals surface area contributed by atoms with Gasteiger partial charge >= 0.3 is 0 Å². The fraction of sp³-hybridized carbons (Fsp3) is 0.167. The van der Waals surface area contributed by atoms with E-state index in [2.05, 4.69) is 15.3 Å². The molecule has 0 fully saturated rings. The first-order chi connectivity index (χ1) is 13.1. The Kier molecular flexibility index (Phi) is 5.51. The van der Waals surface area contributed by atoms with Gasteiger partial charge in [0.25, 0.3) is 0 Å². The molecule has 27 heavy (non-hydrogen) atoms.